The minimum atomic E-state index is -0.265. The molecule has 4 nitrogen and oxygen atoms in total. The molecule has 1 amide bonds. The normalized spacial score (nSPS) is 9.60. The van der Waals surface area contributed by atoms with Crippen molar-refractivity contribution in [2.24, 2.45) is 0 Å². The van der Waals surface area contributed by atoms with Gasteiger partial charge in [0, 0.05) is 9.26 Å². The van der Waals surface area contributed by atoms with Crippen molar-refractivity contribution in [1.29, 1.82) is 5.26 Å². The van der Waals surface area contributed by atoms with Crippen LogP contribution in [0.3, 0.4) is 0 Å². The molecule has 0 radical (unpaired) electrons. The molecule has 0 saturated carbocycles. The van der Waals surface area contributed by atoms with Crippen molar-refractivity contribution in [2.75, 3.05) is 11.9 Å². The van der Waals surface area contributed by atoms with Gasteiger partial charge in [0.15, 0.2) is 6.61 Å². The minimum absolute atomic E-state index is 0.0721. The van der Waals surface area contributed by atoms with E-state index in [1.54, 1.807) is 24.3 Å². The van der Waals surface area contributed by atoms with Gasteiger partial charge in [-0.15, -0.1) is 0 Å². The first-order valence-corrected chi connectivity index (χ1v) is 6.93. The maximum absolute atomic E-state index is 11.7. The van der Waals surface area contributed by atoms with Gasteiger partial charge in [0.25, 0.3) is 5.91 Å². The van der Waals surface area contributed by atoms with Crippen LogP contribution in [0.15, 0.2) is 48.5 Å². The van der Waals surface area contributed by atoms with Crippen molar-refractivity contribution in [3.8, 4) is 11.8 Å². The second-order valence-corrected chi connectivity index (χ2v) is 5.23. The number of anilines is 1. The van der Waals surface area contributed by atoms with Crippen LogP contribution in [0, 0.1) is 14.9 Å². The molecular formula is C15H11IN2O2. The van der Waals surface area contributed by atoms with Crippen molar-refractivity contribution in [3.63, 3.8) is 0 Å². The van der Waals surface area contributed by atoms with E-state index in [-0.39, 0.29) is 12.5 Å². The smallest absolute Gasteiger partial charge is 0.262 e. The van der Waals surface area contributed by atoms with Gasteiger partial charge >= 0.3 is 0 Å². The van der Waals surface area contributed by atoms with Crippen LogP contribution in [-0.2, 0) is 4.79 Å². The van der Waals surface area contributed by atoms with Crippen molar-refractivity contribution in [1.82, 2.24) is 0 Å². The Kier molecular flexibility index (Phi) is 4.96. The maximum Gasteiger partial charge on any atom is 0.262 e. The van der Waals surface area contributed by atoms with Crippen LogP contribution in [0.5, 0.6) is 5.75 Å². The summed E-state index contributed by atoms with van der Waals surface area (Å²) in [5, 5.41) is 11.5. The fourth-order valence-electron chi connectivity index (χ4n) is 1.54. The van der Waals surface area contributed by atoms with Crippen LogP contribution < -0.4 is 10.1 Å². The maximum atomic E-state index is 11.7. The van der Waals surface area contributed by atoms with Crippen LogP contribution >= 0.6 is 22.6 Å². The Hall–Kier alpha value is -2.07. The van der Waals surface area contributed by atoms with Gasteiger partial charge in [0.1, 0.15) is 5.75 Å². The molecule has 2 aromatic carbocycles. The second kappa shape index (κ2) is 6.91. The van der Waals surface area contributed by atoms with E-state index < -0.39 is 0 Å². The Morgan fingerprint density at radius 1 is 1.25 bits per heavy atom. The van der Waals surface area contributed by atoms with Crippen molar-refractivity contribution < 1.29 is 9.53 Å². The Balaban J connectivity index is 1.89. The van der Waals surface area contributed by atoms with Crippen LogP contribution in [-0.4, -0.2) is 12.5 Å². The number of nitrogens with one attached hydrogen (secondary N) is 1. The quantitative estimate of drug-likeness (QED) is 0.832. The van der Waals surface area contributed by atoms with E-state index in [1.807, 2.05) is 30.3 Å². The highest BCUT2D eigenvalue weighted by Gasteiger charge is 2.04. The van der Waals surface area contributed by atoms with Gasteiger partial charge in [-0.05, 0) is 65.1 Å². The standard InChI is InChI=1S/C15H11IN2O2/c16-12-4-6-14(7-5-12)20-10-15(19)18-13-3-1-2-11(8-13)9-17/h1-8H,10H2,(H,18,19). The van der Waals surface area contributed by atoms with Crippen molar-refractivity contribution in [3.05, 3.63) is 57.7 Å². The molecule has 0 saturated heterocycles. The predicted octanol–water partition coefficient (Wildman–Crippen LogP) is 3.18. The molecule has 0 unspecified atom stereocenters. The molecule has 100 valence electrons. The lowest BCUT2D eigenvalue weighted by Gasteiger charge is -2.07. The number of hydrogen-bond acceptors (Lipinski definition) is 3. The predicted molar refractivity (Wildman–Crippen MR) is 84.4 cm³/mol. The molecule has 1 N–H and O–H groups in total. The molecule has 0 spiro atoms. The lowest BCUT2D eigenvalue weighted by molar-refractivity contribution is -0.118. The summed E-state index contributed by atoms with van der Waals surface area (Å²) in [6.45, 7) is -0.0721. The molecule has 0 atom stereocenters. The van der Waals surface area contributed by atoms with Gasteiger partial charge in [-0.3, -0.25) is 4.79 Å². The molecule has 0 heterocycles. The van der Waals surface area contributed by atoms with Crippen LogP contribution in [0.25, 0.3) is 0 Å². The molecular weight excluding hydrogens is 367 g/mol. The van der Waals surface area contributed by atoms with Gasteiger partial charge < -0.3 is 10.1 Å². The topological polar surface area (TPSA) is 62.1 Å². The number of carbonyl (C=O) groups is 1. The lowest BCUT2D eigenvalue weighted by atomic mass is 10.2. The SMILES string of the molecule is N#Cc1cccc(NC(=O)COc2ccc(I)cc2)c1. The summed E-state index contributed by atoms with van der Waals surface area (Å²) >= 11 is 2.20. The van der Waals surface area contributed by atoms with Crippen molar-refractivity contribution >= 4 is 34.2 Å². The number of benzene rings is 2. The summed E-state index contributed by atoms with van der Waals surface area (Å²) in [5.41, 5.74) is 1.08. The van der Waals surface area contributed by atoms with Gasteiger partial charge in [0.05, 0.1) is 11.6 Å². The Morgan fingerprint density at radius 2 is 2.00 bits per heavy atom. The number of halogens is 1. The molecule has 2 rings (SSSR count). The van der Waals surface area contributed by atoms with E-state index in [4.69, 9.17) is 10.00 Å². The molecule has 0 fully saturated rings. The first-order valence-electron chi connectivity index (χ1n) is 5.86. The number of ether oxygens (including phenoxy) is 1. The van der Waals surface area contributed by atoms with Gasteiger partial charge in [-0.1, -0.05) is 6.07 Å². The molecule has 0 aliphatic heterocycles. The first-order chi connectivity index (χ1) is 9.67. The molecule has 20 heavy (non-hydrogen) atoms. The highest BCUT2D eigenvalue weighted by molar-refractivity contribution is 14.1. The zero-order chi connectivity index (χ0) is 14.4. The van der Waals surface area contributed by atoms with Gasteiger partial charge in [-0.2, -0.15) is 5.26 Å². The summed E-state index contributed by atoms with van der Waals surface area (Å²) in [4.78, 5) is 11.7. The fourth-order valence-corrected chi connectivity index (χ4v) is 1.90. The summed E-state index contributed by atoms with van der Waals surface area (Å²) < 4.78 is 6.48. The zero-order valence-electron chi connectivity index (χ0n) is 10.5. The van der Waals surface area contributed by atoms with Crippen LogP contribution in [0.1, 0.15) is 5.56 Å². The zero-order valence-corrected chi connectivity index (χ0v) is 12.6. The molecule has 5 heteroatoms. The van der Waals surface area contributed by atoms with Crippen LogP contribution in [0.4, 0.5) is 5.69 Å². The third kappa shape index (κ3) is 4.24. The van der Waals surface area contributed by atoms with E-state index in [0.29, 0.717) is 17.0 Å². The number of amides is 1. The Bertz CT molecular complexity index is 648. The van der Waals surface area contributed by atoms with Gasteiger partial charge in [0.2, 0.25) is 0 Å². The molecule has 2 aromatic rings. The fraction of sp³-hybridized carbons (Fsp3) is 0.0667. The number of nitrogens with zero attached hydrogens (tertiary/aromatic N) is 1. The summed E-state index contributed by atoms with van der Waals surface area (Å²) in [5.74, 6) is 0.380. The average molecular weight is 378 g/mol. The first kappa shape index (κ1) is 14.3. The third-order valence-electron chi connectivity index (χ3n) is 2.46. The van der Waals surface area contributed by atoms with E-state index in [9.17, 15) is 4.79 Å². The monoisotopic (exact) mass is 378 g/mol. The number of rotatable bonds is 4. The third-order valence-corrected chi connectivity index (χ3v) is 3.18. The highest BCUT2D eigenvalue weighted by atomic mass is 127. The number of carbonyl (C=O) groups excluding carboxylic acids is 1. The summed E-state index contributed by atoms with van der Waals surface area (Å²) in [7, 11) is 0. The Labute approximate surface area is 130 Å². The number of nitriles is 1. The second-order valence-electron chi connectivity index (χ2n) is 3.98. The molecule has 0 aliphatic carbocycles. The van der Waals surface area contributed by atoms with E-state index in [2.05, 4.69) is 27.9 Å². The lowest BCUT2D eigenvalue weighted by Crippen LogP contribution is -2.20. The largest absolute Gasteiger partial charge is 0.484 e. The summed E-state index contributed by atoms with van der Waals surface area (Å²) in [6, 6.07) is 16.2. The highest BCUT2D eigenvalue weighted by Crippen LogP contribution is 2.14. The van der Waals surface area contributed by atoms with E-state index in [0.717, 1.165) is 3.57 Å². The van der Waals surface area contributed by atoms with Crippen LogP contribution in [0.2, 0.25) is 0 Å². The van der Waals surface area contributed by atoms with Crippen molar-refractivity contribution in [2.45, 2.75) is 0 Å². The van der Waals surface area contributed by atoms with Gasteiger partial charge in [-0.25, -0.2) is 0 Å². The van der Waals surface area contributed by atoms with E-state index >= 15 is 0 Å². The minimum Gasteiger partial charge on any atom is -0.484 e. The average Bonchev–Trinajstić information content (AvgIpc) is 2.47. The molecule has 0 aliphatic rings. The van der Waals surface area contributed by atoms with E-state index in [1.165, 1.54) is 0 Å². The summed E-state index contributed by atoms with van der Waals surface area (Å²) in [6.07, 6.45) is 0. The molecule has 0 bridgehead atoms. The Morgan fingerprint density at radius 3 is 2.70 bits per heavy atom. The number of hydrogen-bond donors (Lipinski definition) is 1. The molecule has 0 aromatic heterocycles.